The highest BCUT2D eigenvalue weighted by Crippen LogP contribution is 2.50. The number of likely N-dealkylation sites (N-methyl/N-ethyl adjacent to an activating group) is 1. The Morgan fingerprint density at radius 2 is 1.79 bits per heavy atom. The maximum atomic E-state index is 13.7. The minimum Gasteiger partial charge on any atom is -0.458 e. The summed E-state index contributed by atoms with van der Waals surface area (Å²) in [7, 11) is 1.98. The van der Waals surface area contributed by atoms with Crippen molar-refractivity contribution >= 4 is 28.6 Å². The molecule has 1 spiro atoms. The first kappa shape index (κ1) is 32.5. The third kappa shape index (κ3) is 6.54. The number of esters is 1. The Labute approximate surface area is 244 Å². The Morgan fingerprint density at radius 1 is 1.18 bits per heavy atom. The minimum absolute atomic E-state index is 0.0370. The van der Waals surface area contributed by atoms with E-state index in [9.17, 15) is 15.0 Å². The number of nitrogens with zero attached hydrogens (tertiary/aromatic N) is 1. The first-order valence-electron chi connectivity index (χ1n) is 14.7. The smallest absolute Gasteiger partial charge is 0.311 e. The maximum Gasteiger partial charge on any atom is 0.311 e. The lowest BCUT2D eigenvalue weighted by Crippen LogP contribution is -2.57. The second-order valence-electron chi connectivity index (χ2n) is 13.1. The number of halogens is 1. The van der Waals surface area contributed by atoms with Crippen molar-refractivity contribution in [2.24, 2.45) is 29.6 Å². The normalized spacial score (nSPS) is 45.9. The molecular formula is C29H53IN2O6. The number of rotatable bonds is 2. The number of ether oxygens (including phenoxy) is 3. The van der Waals surface area contributed by atoms with E-state index in [0.717, 1.165) is 38.9 Å². The van der Waals surface area contributed by atoms with E-state index in [2.05, 4.69) is 44.8 Å². The van der Waals surface area contributed by atoms with E-state index >= 15 is 0 Å². The molecule has 3 rings (SSSR count). The number of hydrogen-bond acceptors (Lipinski definition) is 8. The molecule has 2 bridgehead atoms. The predicted molar refractivity (Wildman–Crippen MR) is 157 cm³/mol. The Bertz CT molecular complexity index is 806. The number of piperidine rings is 1. The van der Waals surface area contributed by atoms with Crippen LogP contribution >= 0.6 is 22.6 Å². The Hall–Kier alpha value is -0.0400. The van der Waals surface area contributed by atoms with Crippen LogP contribution in [0.4, 0.5) is 0 Å². The molecule has 0 unspecified atom stereocenters. The van der Waals surface area contributed by atoms with Gasteiger partial charge < -0.3 is 34.6 Å². The monoisotopic (exact) mass is 652 g/mol. The highest BCUT2D eigenvalue weighted by atomic mass is 127. The molecule has 3 N–H and O–H groups in total. The molecule has 38 heavy (non-hydrogen) atoms. The fourth-order valence-corrected chi connectivity index (χ4v) is 8.81. The van der Waals surface area contributed by atoms with E-state index in [0.29, 0.717) is 12.3 Å². The van der Waals surface area contributed by atoms with Crippen molar-refractivity contribution in [3.8, 4) is 0 Å². The Balaban J connectivity index is 2.15. The van der Waals surface area contributed by atoms with Crippen LogP contribution in [0.25, 0.3) is 0 Å². The number of carbonyl (C=O) groups excluding carboxylic acids is 1. The van der Waals surface area contributed by atoms with E-state index < -0.39 is 45.2 Å². The van der Waals surface area contributed by atoms with Gasteiger partial charge in [0.25, 0.3) is 0 Å². The molecule has 9 heteroatoms. The zero-order valence-electron chi connectivity index (χ0n) is 25.0. The maximum absolute atomic E-state index is 13.7. The third-order valence-corrected chi connectivity index (χ3v) is 10.8. The second kappa shape index (κ2) is 12.4. The molecular weight excluding hydrogens is 599 g/mol. The number of aliphatic hydroxyl groups is 2. The number of carbonyl (C=O) groups is 1. The number of alkyl halides is 1. The van der Waals surface area contributed by atoms with Gasteiger partial charge in [-0.2, -0.15) is 0 Å². The van der Waals surface area contributed by atoms with Gasteiger partial charge in [-0.15, -0.1) is 0 Å². The van der Waals surface area contributed by atoms with Crippen molar-refractivity contribution in [2.45, 2.75) is 120 Å². The van der Waals surface area contributed by atoms with Gasteiger partial charge in [-0.05, 0) is 86.9 Å². The number of hydrogen-bond donors (Lipinski definition) is 3. The molecule has 0 aromatic carbocycles. The van der Waals surface area contributed by atoms with Gasteiger partial charge in [0.05, 0.1) is 17.6 Å². The number of cyclic esters (lactones) is 1. The molecule has 3 heterocycles. The molecule has 3 aliphatic heterocycles. The van der Waals surface area contributed by atoms with E-state index in [4.69, 9.17) is 14.2 Å². The van der Waals surface area contributed by atoms with Crippen LogP contribution in [0.5, 0.6) is 0 Å². The van der Waals surface area contributed by atoms with Crippen LogP contribution in [0.3, 0.4) is 0 Å². The zero-order chi connectivity index (χ0) is 28.6. The quantitative estimate of drug-likeness (QED) is 0.235. The van der Waals surface area contributed by atoms with E-state index in [1.807, 2.05) is 50.4 Å². The van der Waals surface area contributed by atoms with Gasteiger partial charge in [0.1, 0.15) is 12.2 Å². The van der Waals surface area contributed by atoms with Crippen molar-refractivity contribution < 1.29 is 29.2 Å². The Morgan fingerprint density at radius 3 is 2.34 bits per heavy atom. The summed E-state index contributed by atoms with van der Waals surface area (Å²) in [6.07, 6.45) is 0.283. The van der Waals surface area contributed by atoms with Crippen LogP contribution in [0.2, 0.25) is 0 Å². The number of nitrogens with one attached hydrogen (secondary N) is 1. The molecule has 0 radical (unpaired) electrons. The fourth-order valence-electron chi connectivity index (χ4n) is 7.73. The zero-order valence-corrected chi connectivity index (χ0v) is 27.2. The molecule has 0 saturated carbocycles. The van der Waals surface area contributed by atoms with Crippen LogP contribution in [0, 0.1) is 29.6 Å². The number of fused-ring (bicyclic) bond motifs is 3. The lowest BCUT2D eigenvalue weighted by Gasteiger charge is -2.47. The van der Waals surface area contributed by atoms with Gasteiger partial charge in [0.15, 0.2) is 9.39 Å². The molecule has 3 saturated heterocycles. The van der Waals surface area contributed by atoms with Gasteiger partial charge in [-0.1, -0.05) is 34.6 Å². The highest BCUT2D eigenvalue weighted by molar-refractivity contribution is 14.1. The summed E-state index contributed by atoms with van der Waals surface area (Å²) >= 11 is 1.87. The van der Waals surface area contributed by atoms with Crippen molar-refractivity contribution in [1.29, 1.82) is 0 Å². The molecule has 0 aliphatic carbocycles. The summed E-state index contributed by atoms with van der Waals surface area (Å²) in [5.41, 5.74) is -0.471. The van der Waals surface area contributed by atoms with Crippen LogP contribution in [0.1, 0.15) is 81.1 Å². The number of aliphatic hydroxyl groups excluding tert-OH is 1. The summed E-state index contributed by atoms with van der Waals surface area (Å²) in [4.78, 5) is 15.8. The average Bonchev–Trinajstić information content (AvgIpc) is 2.91. The van der Waals surface area contributed by atoms with Gasteiger partial charge in [-0.3, -0.25) is 4.79 Å². The first-order chi connectivity index (χ1) is 17.6. The van der Waals surface area contributed by atoms with Crippen molar-refractivity contribution in [1.82, 2.24) is 10.2 Å². The molecule has 222 valence electrons. The summed E-state index contributed by atoms with van der Waals surface area (Å²) in [5, 5.41) is 26.2. The average molecular weight is 653 g/mol. The van der Waals surface area contributed by atoms with E-state index in [1.54, 1.807) is 0 Å². The van der Waals surface area contributed by atoms with E-state index in [-0.39, 0.29) is 23.8 Å². The lowest BCUT2D eigenvalue weighted by atomic mass is 9.67. The standard InChI is InChI=1S/C29H53IN2O6/c1-10-22-29(30,35)25(33)21(7)32(9)16-18(4)15-27(8)23(17(2)3)19(5)24(20(6)26(34)36-22)37-28(38-27)11-13-31-14-12-28/h17-25,31,33,35H,10-16H2,1-9H3/t18-,19-,20-,21-,22-,23-,24+,25-,27+,29-/m1/s1. The SMILES string of the molecule is CC[C@H]1OC(=O)[C@H](C)[C@H]2OC3(CCNCC3)O[C@@](C)(C[C@@H](C)CN(C)[C@H](C)[C@@H](O)[C@@]1(O)I)[C@H](C(C)C)[C@H]2C. The fraction of sp³-hybridized carbons (Fsp3) is 0.966. The molecule has 3 aliphatic rings. The topological polar surface area (TPSA) is 100 Å². The summed E-state index contributed by atoms with van der Waals surface area (Å²) in [6.45, 7) is 19.2. The third-order valence-electron chi connectivity index (χ3n) is 9.51. The van der Waals surface area contributed by atoms with Crippen LogP contribution < -0.4 is 5.32 Å². The first-order valence-corrected chi connectivity index (χ1v) is 15.7. The molecule has 3 fully saturated rings. The largest absolute Gasteiger partial charge is 0.458 e. The highest BCUT2D eigenvalue weighted by Gasteiger charge is 2.56. The Kier molecular flexibility index (Phi) is 10.6. The summed E-state index contributed by atoms with van der Waals surface area (Å²) < 4.78 is 18.5. The van der Waals surface area contributed by atoms with Gasteiger partial charge in [0, 0.05) is 38.5 Å². The molecule has 0 amide bonds. The predicted octanol–water partition coefficient (Wildman–Crippen LogP) is 3.95. The van der Waals surface area contributed by atoms with Crippen LogP contribution in [0.15, 0.2) is 0 Å². The molecule has 10 atom stereocenters. The lowest BCUT2D eigenvalue weighted by molar-refractivity contribution is -0.308. The van der Waals surface area contributed by atoms with Crippen molar-refractivity contribution in [3.63, 3.8) is 0 Å². The van der Waals surface area contributed by atoms with Crippen LogP contribution in [-0.4, -0.2) is 87.1 Å². The van der Waals surface area contributed by atoms with Gasteiger partial charge >= 0.3 is 5.97 Å². The minimum atomic E-state index is -1.63. The van der Waals surface area contributed by atoms with Crippen molar-refractivity contribution in [2.75, 3.05) is 26.7 Å². The molecule has 0 aromatic heterocycles. The summed E-state index contributed by atoms with van der Waals surface area (Å²) in [6, 6.07) is -0.346. The second-order valence-corrected chi connectivity index (χ2v) is 14.8. The van der Waals surface area contributed by atoms with Gasteiger partial charge in [-0.25, -0.2) is 0 Å². The molecule has 0 aromatic rings. The van der Waals surface area contributed by atoms with E-state index in [1.165, 1.54) is 0 Å². The molecule has 8 nitrogen and oxygen atoms in total. The van der Waals surface area contributed by atoms with Gasteiger partial charge in [0.2, 0.25) is 0 Å². The van der Waals surface area contributed by atoms with Crippen LogP contribution in [-0.2, 0) is 19.0 Å². The van der Waals surface area contributed by atoms with Crippen molar-refractivity contribution in [3.05, 3.63) is 0 Å². The summed E-state index contributed by atoms with van der Waals surface area (Å²) in [5.74, 6) is -0.979.